The molecule has 5 heteroatoms. The van der Waals surface area contributed by atoms with Crippen molar-refractivity contribution in [2.45, 2.75) is 20.4 Å². The largest absolute Gasteiger partial charge is 0.355 e. The number of hydrogen-bond donors (Lipinski definition) is 0. The standard InChI is InChI=1S/C11H13ClN4/c1-3-16(9(2)15-8-13)7-10-4-5-11(12)14-6-10/h4-6H,3,7H2,1-2H3. The van der Waals surface area contributed by atoms with Crippen LogP contribution in [0.5, 0.6) is 0 Å². The fraction of sp³-hybridized carbons (Fsp3) is 0.364. The average molecular weight is 237 g/mol. The fourth-order valence-electron chi connectivity index (χ4n) is 1.32. The Hall–Kier alpha value is -1.60. The maximum atomic E-state index is 8.49. The molecule has 0 aliphatic carbocycles. The molecule has 1 aromatic heterocycles. The monoisotopic (exact) mass is 236 g/mol. The second kappa shape index (κ2) is 6.09. The molecule has 1 rings (SSSR count). The summed E-state index contributed by atoms with van der Waals surface area (Å²) in [5, 5.41) is 8.97. The zero-order chi connectivity index (χ0) is 12.0. The molecule has 0 aromatic carbocycles. The van der Waals surface area contributed by atoms with Gasteiger partial charge in [-0.05, 0) is 25.5 Å². The normalized spacial score (nSPS) is 11.0. The number of hydrogen-bond acceptors (Lipinski definition) is 3. The number of aliphatic imine (C=N–C) groups is 1. The van der Waals surface area contributed by atoms with E-state index in [2.05, 4.69) is 9.98 Å². The molecular weight excluding hydrogens is 224 g/mol. The van der Waals surface area contributed by atoms with Crippen LogP contribution in [-0.2, 0) is 6.54 Å². The average Bonchev–Trinajstić information content (AvgIpc) is 2.28. The smallest absolute Gasteiger partial charge is 0.207 e. The Morgan fingerprint density at radius 1 is 1.62 bits per heavy atom. The number of aromatic nitrogens is 1. The molecule has 0 bridgehead atoms. The lowest BCUT2D eigenvalue weighted by atomic mass is 10.2. The van der Waals surface area contributed by atoms with Crippen molar-refractivity contribution in [1.82, 2.24) is 9.88 Å². The molecule has 1 heterocycles. The first-order valence-corrected chi connectivity index (χ1v) is 5.34. The van der Waals surface area contributed by atoms with E-state index in [9.17, 15) is 0 Å². The van der Waals surface area contributed by atoms with Crippen LogP contribution in [0.25, 0.3) is 0 Å². The van der Waals surface area contributed by atoms with E-state index in [0.717, 1.165) is 12.1 Å². The number of nitriles is 1. The summed E-state index contributed by atoms with van der Waals surface area (Å²) < 4.78 is 0. The van der Waals surface area contributed by atoms with Crippen molar-refractivity contribution < 1.29 is 0 Å². The van der Waals surface area contributed by atoms with Crippen molar-refractivity contribution in [3.63, 3.8) is 0 Å². The van der Waals surface area contributed by atoms with Crippen molar-refractivity contribution >= 4 is 17.4 Å². The highest BCUT2D eigenvalue weighted by molar-refractivity contribution is 6.29. The van der Waals surface area contributed by atoms with E-state index >= 15 is 0 Å². The van der Waals surface area contributed by atoms with Gasteiger partial charge in [-0.25, -0.2) is 4.98 Å². The zero-order valence-electron chi connectivity index (χ0n) is 9.31. The van der Waals surface area contributed by atoms with Gasteiger partial charge in [-0.15, -0.1) is 0 Å². The lowest BCUT2D eigenvalue weighted by molar-refractivity contribution is 0.432. The molecule has 0 aliphatic rings. The Morgan fingerprint density at radius 2 is 2.38 bits per heavy atom. The van der Waals surface area contributed by atoms with E-state index in [0.29, 0.717) is 17.5 Å². The summed E-state index contributed by atoms with van der Waals surface area (Å²) in [5.41, 5.74) is 1.04. The second-order valence-electron chi connectivity index (χ2n) is 3.26. The van der Waals surface area contributed by atoms with Gasteiger partial charge in [0.1, 0.15) is 11.0 Å². The van der Waals surface area contributed by atoms with Crippen LogP contribution in [0, 0.1) is 11.5 Å². The van der Waals surface area contributed by atoms with Gasteiger partial charge in [-0.3, -0.25) is 0 Å². The minimum absolute atomic E-state index is 0.481. The summed E-state index contributed by atoms with van der Waals surface area (Å²) in [6.07, 6.45) is 3.51. The summed E-state index contributed by atoms with van der Waals surface area (Å²) in [6, 6.07) is 3.67. The molecule has 0 N–H and O–H groups in total. The molecule has 0 amide bonds. The number of amidine groups is 1. The Labute approximate surface area is 100 Å². The molecule has 4 nitrogen and oxygen atoms in total. The van der Waals surface area contributed by atoms with Crippen molar-refractivity contribution in [2.75, 3.05) is 6.54 Å². The van der Waals surface area contributed by atoms with Crippen LogP contribution < -0.4 is 0 Å². The van der Waals surface area contributed by atoms with Crippen molar-refractivity contribution in [3.05, 3.63) is 29.0 Å². The molecule has 0 saturated heterocycles. The quantitative estimate of drug-likeness (QED) is 0.351. The molecule has 0 spiro atoms. The second-order valence-corrected chi connectivity index (χ2v) is 3.65. The van der Waals surface area contributed by atoms with Gasteiger partial charge in [0.25, 0.3) is 0 Å². The van der Waals surface area contributed by atoms with Gasteiger partial charge < -0.3 is 4.90 Å². The molecule has 0 unspecified atom stereocenters. The molecule has 16 heavy (non-hydrogen) atoms. The van der Waals surface area contributed by atoms with Crippen molar-refractivity contribution in [1.29, 1.82) is 5.26 Å². The van der Waals surface area contributed by atoms with E-state index < -0.39 is 0 Å². The van der Waals surface area contributed by atoms with Gasteiger partial charge in [0.2, 0.25) is 6.19 Å². The van der Waals surface area contributed by atoms with Crippen LogP contribution >= 0.6 is 11.6 Å². The molecular formula is C11H13ClN4. The summed E-state index contributed by atoms with van der Waals surface area (Å²) >= 11 is 5.70. The Bertz CT molecular complexity index is 405. The van der Waals surface area contributed by atoms with E-state index in [1.54, 1.807) is 18.5 Å². The highest BCUT2D eigenvalue weighted by Crippen LogP contribution is 2.08. The number of halogens is 1. The first-order chi connectivity index (χ1) is 7.67. The number of rotatable bonds is 3. The molecule has 0 radical (unpaired) electrons. The van der Waals surface area contributed by atoms with E-state index in [4.69, 9.17) is 16.9 Å². The van der Waals surface area contributed by atoms with Crippen LogP contribution in [0.2, 0.25) is 5.15 Å². The molecule has 0 atom stereocenters. The van der Waals surface area contributed by atoms with Crippen LogP contribution in [-0.4, -0.2) is 22.3 Å². The van der Waals surface area contributed by atoms with E-state index in [1.165, 1.54) is 0 Å². The molecule has 0 fully saturated rings. The Balaban J connectivity index is 2.75. The molecule has 84 valence electrons. The van der Waals surface area contributed by atoms with E-state index in [1.807, 2.05) is 24.8 Å². The molecule has 0 saturated carbocycles. The van der Waals surface area contributed by atoms with Gasteiger partial charge in [0, 0.05) is 19.3 Å². The third-order valence-corrected chi connectivity index (χ3v) is 2.44. The maximum Gasteiger partial charge on any atom is 0.207 e. The van der Waals surface area contributed by atoms with E-state index in [-0.39, 0.29) is 0 Å². The van der Waals surface area contributed by atoms with Crippen LogP contribution in [0.3, 0.4) is 0 Å². The first-order valence-electron chi connectivity index (χ1n) is 4.96. The van der Waals surface area contributed by atoms with Crippen LogP contribution in [0.4, 0.5) is 0 Å². The predicted octanol–water partition coefficient (Wildman–Crippen LogP) is 2.46. The maximum absolute atomic E-state index is 8.49. The molecule has 0 aliphatic heterocycles. The van der Waals surface area contributed by atoms with Gasteiger partial charge in [-0.2, -0.15) is 10.3 Å². The third kappa shape index (κ3) is 3.52. The first kappa shape index (κ1) is 12.5. The van der Waals surface area contributed by atoms with Crippen molar-refractivity contribution in [3.8, 4) is 6.19 Å². The number of nitrogens with zero attached hydrogens (tertiary/aromatic N) is 4. The van der Waals surface area contributed by atoms with Crippen molar-refractivity contribution in [2.24, 2.45) is 4.99 Å². The third-order valence-electron chi connectivity index (χ3n) is 2.21. The minimum Gasteiger partial charge on any atom is -0.355 e. The summed E-state index contributed by atoms with van der Waals surface area (Å²) in [6.45, 7) is 5.30. The topological polar surface area (TPSA) is 52.3 Å². The lowest BCUT2D eigenvalue weighted by Crippen LogP contribution is -2.28. The summed E-state index contributed by atoms with van der Waals surface area (Å²) in [5.74, 6) is 0.708. The fourth-order valence-corrected chi connectivity index (χ4v) is 1.43. The van der Waals surface area contributed by atoms with Crippen LogP contribution in [0.15, 0.2) is 23.3 Å². The zero-order valence-corrected chi connectivity index (χ0v) is 10.1. The SMILES string of the molecule is CCN(Cc1ccc(Cl)nc1)C(C)=NC#N. The van der Waals surface area contributed by atoms with Gasteiger partial charge in [0.15, 0.2) is 0 Å². The highest BCUT2D eigenvalue weighted by Gasteiger charge is 2.05. The van der Waals surface area contributed by atoms with Gasteiger partial charge in [0.05, 0.1) is 0 Å². The summed E-state index contributed by atoms with van der Waals surface area (Å²) in [7, 11) is 0. The van der Waals surface area contributed by atoms with Gasteiger partial charge >= 0.3 is 0 Å². The summed E-state index contributed by atoms with van der Waals surface area (Å²) in [4.78, 5) is 9.71. The predicted molar refractivity (Wildman–Crippen MR) is 64.1 cm³/mol. The highest BCUT2D eigenvalue weighted by atomic mass is 35.5. The van der Waals surface area contributed by atoms with Gasteiger partial charge in [-0.1, -0.05) is 17.7 Å². The number of pyridine rings is 1. The van der Waals surface area contributed by atoms with Crippen LogP contribution in [0.1, 0.15) is 19.4 Å². The molecule has 1 aromatic rings. The Morgan fingerprint density at radius 3 is 2.88 bits per heavy atom. The minimum atomic E-state index is 0.481. The lowest BCUT2D eigenvalue weighted by Gasteiger charge is -2.21. The Kier molecular flexibility index (Phi) is 4.74.